The lowest BCUT2D eigenvalue weighted by Gasteiger charge is -2.23. The molecule has 0 aliphatic rings. The van der Waals surface area contributed by atoms with Gasteiger partial charge in [0.05, 0.1) is 11.9 Å². The lowest BCUT2D eigenvalue weighted by atomic mass is 10.2. The van der Waals surface area contributed by atoms with E-state index in [4.69, 9.17) is 14.6 Å². The SMILES string of the molecule is CC(=O)OC[C@@H](SC(C)=O)[C@@H](CO)OC(C)=O. The van der Waals surface area contributed by atoms with Crippen molar-refractivity contribution in [1.82, 2.24) is 0 Å². The van der Waals surface area contributed by atoms with Crippen LogP contribution in [0.25, 0.3) is 0 Å². The number of aliphatic hydroxyl groups is 1. The van der Waals surface area contributed by atoms with Crippen LogP contribution in [-0.4, -0.2) is 46.7 Å². The lowest BCUT2D eigenvalue weighted by molar-refractivity contribution is -0.150. The van der Waals surface area contributed by atoms with Gasteiger partial charge in [-0.05, 0) is 0 Å². The van der Waals surface area contributed by atoms with Crippen LogP contribution in [0.1, 0.15) is 20.8 Å². The summed E-state index contributed by atoms with van der Waals surface area (Å²) in [6.07, 6.45) is -0.874. The van der Waals surface area contributed by atoms with Gasteiger partial charge in [0.1, 0.15) is 12.7 Å². The molecule has 0 aromatic heterocycles. The first-order valence-electron chi connectivity index (χ1n) is 4.95. The highest BCUT2D eigenvalue weighted by atomic mass is 32.2. The number of hydrogen-bond donors (Lipinski definition) is 1. The molecule has 0 amide bonds. The third kappa shape index (κ3) is 7.76. The first-order valence-corrected chi connectivity index (χ1v) is 5.83. The van der Waals surface area contributed by atoms with Crippen LogP contribution in [0.2, 0.25) is 0 Å². The van der Waals surface area contributed by atoms with Crippen LogP contribution in [0.5, 0.6) is 0 Å². The minimum absolute atomic E-state index is 0.0991. The van der Waals surface area contributed by atoms with Crippen molar-refractivity contribution in [3.05, 3.63) is 0 Å². The Labute approximate surface area is 104 Å². The van der Waals surface area contributed by atoms with E-state index in [0.717, 1.165) is 11.8 Å². The van der Waals surface area contributed by atoms with E-state index in [1.54, 1.807) is 0 Å². The van der Waals surface area contributed by atoms with Gasteiger partial charge in [-0.15, -0.1) is 0 Å². The quantitative estimate of drug-likeness (QED) is 0.681. The second-order valence-electron chi connectivity index (χ2n) is 3.28. The molecule has 6 nitrogen and oxygen atoms in total. The van der Waals surface area contributed by atoms with Crippen LogP contribution < -0.4 is 0 Å². The van der Waals surface area contributed by atoms with E-state index < -0.39 is 29.9 Å². The highest BCUT2D eigenvalue weighted by Crippen LogP contribution is 2.19. The van der Waals surface area contributed by atoms with E-state index in [1.807, 2.05) is 0 Å². The highest BCUT2D eigenvalue weighted by molar-refractivity contribution is 8.14. The minimum atomic E-state index is -0.874. The van der Waals surface area contributed by atoms with Gasteiger partial charge in [0, 0.05) is 20.8 Å². The summed E-state index contributed by atoms with van der Waals surface area (Å²) in [5.74, 6) is -1.07. The molecule has 17 heavy (non-hydrogen) atoms. The van der Waals surface area contributed by atoms with Crippen LogP contribution in [0.3, 0.4) is 0 Å². The van der Waals surface area contributed by atoms with Crippen molar-refractivity contribution >= 4 is 28.8 Å². The molecule has 0 radical (unpaired) electrons. The van der Waals surface area contributed by atoms with Crippen LogP contribution in [0, 0.1) is 0 Å². The van der Waals surface area contributed by atoms with Crippen molar-refractivity contribution in [3.8, 4) is 0 Å². The van der Waals surface area contributed by atoms with Gasteiger partial charge in [-0.1, -0.05) is 11.8 Å². The first-order chi connectivity index (χ1) is 7.86. The average Bonchev–Trinajstić information content (AvgIpc) is 2.20. The Morgan fingerprint density at radius 1 is 1.18 bits per heavy atom. The summed E-state index contributed by atoms with van der Waals surface area (Å²) in [7, 11) is 0. The van der Waals surface area contributed by atoms with Gasteiger partial charge >= 0.3 is 11.9 Å². The summed E-state index contributed by atoms with van der Waals surface area (Å²) in [6.45, 7) is 3.23. The number of carbonyl (C=O) groups is 3. The largest absolute Gasteiger partial charge is 0.465 e. The monoisotopic (exact) mass is 264 g/mol. The van der Waals surface area contributed by atoms with E-state index in [1.165, 1.54) is 20.8 Å². The molecule has 0 unspecified atom stereocenters. The second-order valence-corrected chi connectivity index (χ2v) is 4.70. The Kier molecular flexibility index (Phi) is 7.56. The lowest BCUT2D eigenvalue weighted by Crippen LogP contribution is -2.36. The zero-order valence-electron chi connectivity index (χ0n) is 9.97. The van der Waals surface area contributed by atoms with Crippen LogP contribution in [0.4, 0.5) is 0 Å². The van der Waals surface area contributed by atoms with Crippen molar-refractivity contribution < 1.29 is 29.0 Å². The fraction of sp³-hybridized carbons (Fsp3) is 0.700. The predicted molar refractivity (Wildman–Crippen MR) is 61.3 cm³/mol. The maximum absolute atomic E-state index is 11.0. The minimum Gasteiger partial charge on any atom is -0.465 e. The van der Waals surface area contributed by atoms with Crippen LogP contribution in [-0.2, 0) is 23.9 Å². The Balaban J connectivity index is 4.54. The molecule has 7 heteroatoms. The van der Waals surface area contributed by atoms with Crippen molar-refractivity contribution in [2.45, 2.75) is 32.1 Å². The molecule has 0 saturated carbocycles. The average molecular weight is 264 g/mol. The zero-order chi connectivity index (χ0) is 13.4. The number of aliphatic hydroxyl groups excluding tert-OH is 1. The smallest absolute Gasteiger partial charge is 0.303 e. The number of hydrogen-bond acceptors (Lipinski definition) is 7. The van der Waals surface area contributed by atoms with E-state index in [0.29, 0.717) is 0 Å². The van der Waals surface area contributed by atoms with Crippen molar-refractivity contribution in [2.24, 2.45) is 0 Å². The Morgan fingerprint density at radius 2 is 1.76 bits per heavy atom. The fourth-order valence-corrected chi connectivity index (χ4v) is 1.93. The summed E-state index contributed by atoms with van der Waals surface area (Å²) in [5.41, 5.74) is 0. The fourth-order valence-electron chi connectivity index (χ4n) is 1.07. The summed E-state index contributed by atoms with van der Waals surface area (Å²) < 4.78 is 9.60. The number of esters is 2. The van der Waals surface area contributed by atoms with Crippen LogP contribution >= 0.6 is 11.8 Å². The second kappa shape index (κ2) is 8.08. The van der Waals surface area contributed by atoms with E-state index in [9.17, 15) is 14.4 Å². The molecule has 2 atom stereocenters. The van der Waals surface area contributed by atoms with Gasteiger partial charge in [-0.25, -0.2) is 0 Å². The first kappa shape index (κ1) is 15.9. The molecule has 0 aromatic carbocycles. The summed E-state index contributed by atoms with van der Waals surface area (Å²) in [5, 5.41) is 8.26. The van der Waals surface area contributed by atoms with Gasteiger partial charge in [0.25, 0.3) is 0 Å². The normalized spacial score (nSPS) is 13.6. The van der Waals surface area contributed by atoms with Crippen molar-refractivity contribution in [3.63, 3.8) is 0 Å². The zero-order valence-corrected chi connectivity index (χ0v) is 10.8. The molecule has 0 aliphatic carbocycles. The number of rotatable bonds is 6. The van der Waals surface area contributed by atoms with E-state index in [-0.39, 0.29) is 11.7 Å². The molecule has 98 valence electrons. The van der Waals surface area contributed by atoms with E-state index >= 15 is 0 Å². The molecule has 0 spiro atoms. The molecule has 0 bridgehead atoms. The number of thioether (sulfide) groups is 1. The third-order valence-corrected chi connectivity index (χ3v) is 2.75. The van der Waals surface area contributed by atoms with Crippen molar-refractivity contribution in [1.29, 1.82) is 0 Å². The maximum atomic E-state index is 11.0. The molecule has 0 aliphatic heterocycles. The number of carbonyl (C=O) groups excluding carboxylic acids is 3. The molecule has 0 aromatic rings. The number of ether oxygens (including phenoxy) is 2. The predicted octanol–water partition coefficient (Wildman–Crippen LogP) is 0.122. The molecular formula is C10H16O6S. The maximum Gasteiger partial charge on any atom is 0.303 e. The Morgan fingerprint density at radius 3 is 2.12 bits per heavy atom. The molecule has 0 rings (SSSR count). The summed E-state index contributed by atoms with van der Waals surface area (Å²) in [4.78, 5) is 32.5. The van der Waals surface area contributed by atoms with E-state index in [2.05, 4.69) is 0 Å². The molecular weight excluding hydrogens is 248 g/mol. The van der Waals surface area contributed by atoms with Gasteiger partial charge in [0.2, 0.25) is 0 Å². The van der Waals surface area contributed by atoms with Gasteiger partial charge in [0.15, 0.2) is 5.12 Å². The topological polar surface area (TPSA) is 89.9 Å². The standard InChI is InChI=1S/C10H16O6S/c1-6(12)15-5-10(17-8(3)14)9(4-11)16-7(2)13/h9-11H,4-5H2,1-3H3/t9-,10-/m1/s1. The highest BCUT2D eigenvalue weighted by Gasteiger charge is 2.27. The van der Waals surface area contributed by atoms with Gasteiger partial charge in [-0.3, -0.25) is 14.4 Å². The van der Waals surface area contributed by atoms with Gasteiger partial charge < -0.3 is 14.6 Å². The molecule has 0 fully saturated rings. The molecule has 0 heterocycles. The Bertz CT molecular complexity index is 291. The third-order valence-electron chi connectivity index (χ3n) is 1.68. The molecule has 1 N–H and O–H groups in total. The summed E-state index contributed by atoms with van der Waals surface area (Å²) >= 11 is 0.863. The van der Waals surface area contributed by atoms with Crippen molar-refractivity contribution in [2.75, 3.05) is 13.2 Å². The Hall–Kier alpha value is -1.08. The van der Waals surface area contributed by atoms with Gasteiger partial charge in [-0.2, -0.15) is 0 Å². The summed E-state index contributed by atoms with van der Waals surface area (Å²) in [6, 6.07) is 0. The molecule has 0 saturated heterocycles. The van der Waals surface area contributed by atoms with Crippen LogP contribution in [0.15, 0.2) is 0 Å².